The number of nitrogens with zero attached hydrogens (tertiary/aromatic N) is 1. The molecule has 0 heterocycles. The Hall–Kier alpha value is -1.85. The van der Waals surface area contributed by atoms with Crippen molar-refractivity contribution in [2.75, 3.05) is 0 Å². The van der Waals surface area contributed by atoms with Gasteiger partial charge in [0, 0.05) is 10.6 Å². The van der Waals surface area contributed by atoms with Crippen molar-refractivity contribution in [1.29, 1.82) is 5.26 Å². The number of halogens is 2. The predicted octanol–water partition coefficient (Wildman–Crippen LogP) is 4.33. The van der Waals surface area contributed by atoms with Gasteiger partial charge in [-0.15, -0.1) is 0 Å². The van der Waals surface area contributed by atoms with Gasteiger partial charge in [-0.25, -0.2) is 4.39 Å². The summed E-state index contributed by atoms with van der Waals surface area (Å²) in [6.07, 6.45) is 0. The Bertz CT molecular complexity index is 614. The SMILES string of the molecule is Cc1ccc(C#N)cc1-c1cc(Cl)ccc1F. The largest absolute Gasteiger partial charge is 0.206 e. The van der Waals surface area contributed by atoms with E-state index in [-0.39, 0.29) is 5.82 Å². The van der Waals surface area contributed by atoms with Crippen LogP contribution in [0.3, 0.4) is 0 Å². The zero-order chi connectivity index (χ0) is 12.4. The van der Waals surface area contributed by atoms with Crippen LogP contribution in [0, 0.1) is 24.1 Å². The topological polar surface area (TPSA) is 23.8 Å². The number of nitriles is 1. The average molecular weight is 246 g/mol. The molecule has 2 rings (SSSR count). The highest BCUT2D eigenvalue weighted by molar-refractivity contribution is 6.30. The minimum Gasteiger partial charge on any atom is -0.206 e. The maximum Gasteiger partial charge on any atom is 0.131 e. The quantitative estimate of drug-likeness (QED) is 0.734. The maximum atomic E-state index is 13.7. The van der Waals surface area contributed by atoms with E-state index in [1.807, 2.05) is 13.0 Å². The molecule has 3 heteroatoms. The summed E-state index contributed by atoms with van der Waals surface area (Å²) in [6.45, 7) is 1.87. The number of aryl methyl sites for hydroxylation is 1. The van der Waals surface area contributed by atoms with Crippen LogP contribution in [0.1, 0.15) is 11.1 Å². The third-order valence-electron chi connectivity index (χ3n) is 2.59. The molecule has 0 aliphatic carbocycles. The lowest BCUT2D eigenvalue weighted by molar-refractivity contribution is 0.631. The van der Waals surface area contributed by atoms with E-state index < -0.39 is 0 Å². The van der Waals surface area contributed by atoms with Crippen LogP contribution in [-0.4, -0.2) is 0 Å². The molecular formula is C14H9ClFN. The molecule has 2 aromatic rings. The van der Waals surface area contributed by atoms with Gasteiger partial charge in [0.05, 0.1) is 11.6 Å². The molecule has 0 atom stereocenters. The lowest BCUT2D eigenvalue weighted by atomic mass is 9.98. The van der Waals surface area contributed by atoms with Gasteiger partial charge < -0.3 is 0 Å². The van der Waals surface area contributed by atoms with Gasteiger partial charge in [-0.2, -0.15) is 5.26 Å². The second kappa shape index (κ2) is 4.57. The van der Waals surface area contributed by atoms with Crippen molar-refractivity contribution in [3.05, 3.63) is 58.4 Å². The van der Waals surface area contributed by atoms with Gasteiger partial charge in [-0.05, 0) is 48.4 Å². The summed E-state index contributed by atoms with van der Waals surface area (Å²) in [5.74, 6) is -0.340. The van der Waals surface area contributed by atoms with E-state index >= 15 is 0 Å². The average Bonchev–Trinajstić information content (AvgIpc) is 2.33. The third kappa shape index (κ3) is 2.30. The lowest BCUT2D eigenvalue weighted by Crippen LogP contribution is -1.89. The highest BCUT2D eigenvalue weighted by atomic mass is 35.5. The minimum atomic E-state index is -0.340. The molecule has 0 N–H and O–H groups in total. The summed E-state index contributed by atoms with van der Waals surface area (Å²) < 4.78 is 13.7. The molecule has 0 saturated heterocycles. The van der Waals surface area contributed by atoms with E-state index in [4.69, 9.17) is 16.9 Å². The molecule has 0 saturated carbocycles. The molecule has 2 aromatic carbocycles. The molecule has 0 aliphatic heterocycles. The van der Waals surface area contributed by atoms with E-state index in [1.165, 1.54) is 12.1 Å². The fraction of sp³-hybridized carbons (Fsp3) is 0.0714. The van der Waals surface area contributed by atoms with Crippen LogP contribution in [0.15, 0.2) is 36.4 Å². The van der Waals surface area contributed by atoms with E-state index in [9.17, 15) is 4.39 Å². The van der Waals surface area contributed by atoms with Crippen LogP contribution < -0.4 is 0 Å². The molecule has 0 aliphatic rings. The van der Waals surface area contributed by atoms with Crippen molar-refractivity contribution in [1.82, 2.24) is 0 Å². The Morgan fingerprint density at radius 2 is 1.88 bits per heavy atom. The van der Waals surface area contributed by atoms with Gasteiger partial charge in [0.2, 0.25) is 0 Å². The van der Waals surface area contributed by atoms with Gasteiger partial charge >= 0.3 is 0 Å². The molecule has 1 nitrogen and oxygen atoms in total. The zero-order valence-electron chi connectivity index (χ0n) is 9.17. The summed E-state index contributed by atoms with van der Waals surface area (Å²) >= 11 is 5.86. The summed E-state index contributed by atoms with van der Waals surface area (Å²) in [4.78, 5) is 0. The smallest absolute Gasteiger partial charge is 0.131 e. The van der Waals surface area contributed by atoms with Crippen molar-refractivity contribution >= 4 is 11.6 Å². The molecule has 0 bridgehead atoms. The van der Waals surface area contributed by atoms with E-state index in [1.54, 1.807) is 24.3 Å². The Labute approximate surface area is 104 Å². The molecule has 0 spiro atoms. The first-order valence-corrected chi connectivity index (χ1v) is 5.46. The highest BCUT2D eigenvalue weighted by Gasteiger charge is 2.09. The second-order valence-electron chi connectivity index (χ2n) is 3.77. The molecule has 0 fully saturated rings. The van der Waals surface area contributed by atoms with Crippen molar-refractivity contribution < 1.29 is 4.39 Å². The molecule has 0 radical (unpaired) electrons. The molecule has 0 aromatic heterocycles. The first kappa shape index (κ1) is 11.6. The Morgan fingerprint density at radius 1 is 1.12 bits per heavy atom. The van der Waals surface area contributed by atoms with Gasteiger partial charge in [0.15, 0.2) is 0 Å². The summed E-state index contributed by atoms with van der Waals surface area (Å²) in [6, 6.07) is 11.6. The Kier molecular flexibility index (Phi) is 3.12. The Morgan fingerprint density at radius 3 is 2.59 bits per heavy atom. The summed E-state index contributed by atoms with van der Waals surface area (Å²) in [5.41, 5.74) is 2.53. The van der Waals surface area contributed by atoms with Crippen LogP contribution >= 0.6 is 11.6 Å². The van der Waals surface area contributed by atoms with Crippen LogP contribution in [0.25, 0.3) is 11.1 Å². The van der Waals surface area contributed by atoms with Crippen LogP contribution in [0.4, 0.5) is 4.39 Å². The number of hydrogen-bond acceptors (Lipinski definition) is 1. The first-order chi connectivity index (χ1) is 8.11. The maximum absolute atomic E-state index is 13.7. The predicted molar refractivity (Wildman–Crippen MR) is 66.3 cm³/mol. The van der Waals surface area contributed by atoms with E-state index in [0.717, 1.165) is 5.56 Å². The number of benzene rings is 2. The lowest BCUT2D eigenvalue weighted by Gasteiger charge is -2.08. The van der Waals surface area contributed by atoms with Gasteiger partial charge in [-0.1, -0.05) is 17.7 Å². The normalized spacial score (nSPS) is 10.0. The summed E-state index contributed by atoms with van der Waals surface area (Å²) in [7, 11) is 0. The van der Waals surface area contributed by atoms with Crippen LogP contribution in [0.2, 0.25) is 5.02 Å². The number of hydrogen-bond donors (Lipinski definition) is 0. The van der Waals surface area contributed by atoms with Crippen LogP contribution in [-0.2, 0) is 0 Å². The van der Waals surface area contributed by atoms with Crippen molar-refractivity contribution in [3.8, 4) is 17.2 Å². The van der Waals surface area contributed by atoms with E-state index in [2.05, 4.69) is 0 Å². The molecule has 84 valence electrons. The number of rotatable bonds is 1. The van der Waals surface area contributed by atoms with Gasteiger partial charge in [0.25, 0.3) is 0 Å². The van der Waals surface area contributed by atoms with Crippen molar-refractivity contribution in [2.24, 2.45) is 0 Å². The zero-order valence-corrected chi connectivity index (χ0v) is 9.92. The van der Waals surface area contributed by atoms with Gasteiger partial charge in [0.1, 0.15) is 5.82 Å². The first-order valence-electron chi connectivity index (χ1n) is 5.08. The fourth-order valence-electron chi connectivity index (χ4n) is 1.69. The molecule has 17 heavy (non-hydrogen) atoms. The third-order valence-corrected chi connectivity index (χ3v) is 2.82. The molecule has 0 unspecified atom stereocenters. The van der Waals surface area contributed by atoms with Crippen molar-refractivity contribution in [2.45, 2.75) is 6.92 Å². The highest BCUT2D eigenvalue weighted by Crippen LogP contribution is 2.29. The van der Waals surface area contributed by atoms with E-state index in [0.29, 0.717) is 21.7 Å². The second-order valence-corrected chi connectivity index (χ2v) is 4.20. The van der Waals surface area contributed by atoms with Gasteiger partial charge in [-0.3, -0.25) is 0 Å². The Balaban J connectivity index is 2.68. The van der Waals surface area contributed by atoms with Crippen molar-refractivity contribution in [3.63, 3.8) is 0 Å². The monoisotopic (exact) mass is 245 g/mol. The molecular weight excluding hydrogens is 237 g/mol. The molecule has 0 amide bonds. The standard InChI is InChI=1S/C14H9ClFN/c1-9-2-3-10(8-17)6-12(9)13-7-11(15)4-5-14(13)16/h2-7H,1H3. The fourth-order valence-corrected chi connectivity index (χ4v) is 1.86. The van der Waals surface area contributed by atoms with Crippen LogP contribution in [0.5, 0.6) is 0 Å². The summed E-state index contributed by atoms with van der Waals surface area (Å²) in [5, 5.41) is 9.33. The minimum absolute atomic E-state index is 0.340.